The summed E-state index contributed by atoms with van der Waals surface area (Å²) in [4.78, 5) is 11.6. The van der Waals surface area contributed by atoms with Gasteiger partial charge in [0.1, 0.15) is 0 Å². The molecule has 2 N–H and O–H groups in total. The maximum Gasteiger partial charge on any atom is 0.306 e. The zero-order chi connectivity index (χ0) is 23.3. The van der Waals surface area contributed by atoms with Gasteiger partial charge in [-0.2, -0.15) is 0 Å². The van der Waals surface area contributed by atoms with Gasteiger partial charge < -0.3 is 19.7 Å². The van der Waals surface area contributed by atoms with Gasteiger partial charge in [-0.1, -0.05) is 42.5 Å². The van der Waals surface area contributed by atoms with Gasteiger partial charge in [0.05, 0.1) is 24.4 Å². The predicted molar refractivity (Wildman–Crippen MR) is 127 cm³/mol. The van der Waals surface area contributed by atoms with E-state index in [4.69, 9.17) is 9.47 Å². The third kappa shape index (κ3) is 9.43. The molecule has 5 nitrogen and oxygen atoms in total. The third-order valence-corrected chi connectivity index (χ3v) is 6.43. The monoisotopic (exact) mass is 446 g/mol. The van der Waals surface area contributed by atoms with Gasteiger partial charge in [0.25, 0.3) is 0 Å². The van der Waals surface area contributed by atoms with Crippen molar-refractivity contribution < 1.29 is 24.5 Å². The number of methoxy groups -OCH3 is 1. The average molecular weight is 447 g/mol. The Morgan fingerprint density at radius 1 is 1.16 bits per heavy atom. The van der Waals surface area contributed by atoms with Gasteiger partial charge >= 0.3 is 5.97 Å². The highest BCUT2D eigenvalue weighted by molar-refractivity contribution is 5.69. The number of allylic oxidation sites excluding steroid dienone is 2. The Morgan fingerprint density at radius 3 is 2.59 bits per heavy atom. The van der Waals surface area contributed by atoms with E-state index >= 15 is 0 Å². The molecule has 5 heteroatoms. The van der Waals surface area contributed by atoms with Gasteiger partial charge in [0.15, 0.2) is 0 Å². The summed E-state index contributed by atoms with van der Waals surface area (Å²) in [5.74, 6) is 0.244. The van der Waals surface area contributed by atoms with Crippen molar-refractivity contribution in [2.45, 2.75) is 96.1 Å². The van der Waals surface area contributed by atoms with Crippen LogP contribution in [-0.2, 0) is 20.7 Å². The maximum atomic E-state index is 11.6. The quantitative estimate of drug-likeness (QED) is 0.243. The molecule has 1 aliphatic carbocycles. The molecule has 0 spiro atoms. The fourth-order valence-electron chi connectivity index (χ4n) is 4.72. The molecule has 0 unspecified atom stereocenters. The van der Waals surface area contributed by atoms with Gasteiger partial charge in [-0.3, -0.25) is 4.79 Å². The molecule has 0 aliphatic heterocycles. The van der Waals surface area contributed by atoms with Crippen LogP contribution in [0.4, 0.5) is 0 Å². The molecule has 1 fully saturated rings. The minimum atomic E-state index is -0.384. The molecule has 0 heterocycles. The van der Waals surface area contributed by atoms with Crippen molar-refractivity contribution in [3.8, 4) is 0 Å². The number of rotatable bonds is 14. The number of aliphatic hydroxyl groups excluding tert-OH is 2. The number of ether oxygens (including phenoxy) is 2. The first-order chi connectivity index (χ1) is 15.4. The molecule has 32 heavy (non-hydrogen) atoms. The second kappa shape index (κ2) is 14.5. The number of aliphatic hydroxyl groups is 2. The number of aryl methyl sites for hydroxylation is 1. The first-order valence-corrected chi connectivity index (χ1v) is 12.2. The smallest absolute Gasteiger partial charge is 0.306 e. The molecule has 1 aromatic carbocycles. The highest BCUT2D eigenvalue weighted by Gasteiger charge is 2.41. The van der Waals surface area contributed by atoms with Crippen LogP contribution in [0.5, 0.6) is 0 Å². The van der Waals surface area contributed by atoms with Crippen LogP contribution in [0.15, 0.2) is 42.5 Å². The van der Waals surface area contributed by atoms with E-state index in [0.29, 0.717) is 19.3 Å². The lowest BCUT2D eigenvalue weighted by molar-refractivity contribution is -0.147. The van der Waals surface area contributed by atoms with Gasteiger partial charge in [-0.25, -0.2) is 0 Å². The molecule has 0 radical (unpaired) electrons. The largest absolute Gasteiger partial charge is 0.463 e. The van der Waals surface area contributed by atoms with Crippen LogP contribution >= 0.6 is 0 Å². The van der Waals surface area contributed by atoms with E-state index < -0.39 is 0 Å². The molecule has 2 rings (SSSR count). The zero-order valence-corrected chi connectivity index (χ0v) is 20.0. The highest BCUT2D eigenvalue weighted by atomic mass is 16.5. The Hall–Kier alpha value is -1.69. The van der Waals surface area contributed by atoms with Crippen molar-refractivity contribution in [3.63, 3.8) is 0 Å². The van der Waals surface area contributed by atoms with Crippen molar-refractivity contribution in [1.82, 2.24) is 0 Å². The van der Waals surface area contributed by atoms with Crippen molar-refractivity contribution in [2.75, 3.05) is 7.11 Å². The van der Waals surface area contributed by atoms with Gasteiger partial charge in [-0.15, -0.1) is 0 Å². The second-order valence-corrected chi connectivity index (χ2v) is 9.30. The SMILES string of the molecule is CO[C@H]1C[C@@H](O)[C@H](CC[C@@H](O)CCc2ccccc2)[C@H]1C/C=C\CCCC(=O)OC(C)C. The number of esters is 1. The molecule has 1 aliphatic rings. The summed E-state index contributed by atoms with van der Waals surface area (Å²) < 4.78 is 10.8. The van der Waals surface area contributed by atoms with E-state index in [1.165, 1.54) is 5.56 Å². The topological polar surface area (TPSA) is 76.0 Å². The molecule has 0 saturated heterocycles. The summed E-state index contributed by atoms with van der Waals surface area (Å²) >= 11 is 0. The van der Waals surface area contributed by atoms with E-state index in [1.54, 1.807) is 7.11 Å². The van der Waals surface area contributed by atoms with Gasteiger partial charge in [0.2, 0.25) is 0 Å². The van der Waals surface area contributed by atoms with Crippen LogP contribution in [0, 0.1) is 11.8 Å². The van der Waals surface area contributed by atoms with E-state index in [9.17, 15) is 15.0 Å². The fraction of sp³-hybridized carbons (Fsp3) is 0.667. The average Bonchev–Trinajstić information content (AvgIpc) is 3.07. The van der Waals surface area contributed by atoms with E-state index in [2.05, 4.69) is 24.3 Å². The molecule has 0 bridgehead atoms. The summed E-state index contributed by atoms with van der Waals surface area (Å²) in [6.07, 6.45) is 10.2. The minimum Gasteiger partial charge on any atom is -0.463 e. The highest BCUT2D eigenvalue weighted by Crippen LogP contribution is 2.40. The molecular formula is C27H42O5. The normalized spacial score (nSPS) is 24.3. The first kappa shape index (κ1) is 26.6. The number of unbranched alkanes of at least 4 members (excludes halogenated alkanes) is 1. The van der Waals surface area contributed by atoms with Crippen molar-refractivity contribution in [3.05, 3.63) is 48.0 Å². The number of carbonyl (C=O) groups excluding carboxylic acids is 1. The summed E-state index contributed by atoms with van der Waals surface area (Å²) in [7, 11) is 1.71. The van der Waals surface area contributed by atoms with Crippen LogP contribution in [0.3, 0.4) is 0 Å². The van der Waals surface area contributed by atoms with Crippen LogP contribution in [-0.4, -0.2) is 47.7 Å². The summed E-state index contributed by atoms with van der Waals surface area (Å²) in [5, 5.41) is 21.1. The molecule has 1 saturated carbocycles. The molecule has 0 amide bonds. The molecule has 5 atom stereocenters. The lowest BCUT2D eigenvalue weighted by Gasteiger charge is -2.25. The lowest BCUT2D eigenvalue weighted by Crippen LogP contribution is -2.24. The van der Waals surface area contributed by atoms with Crippen LogP contribution in [0.2, 0.25) is 0 Å². The summed E-state index contributed by atoms with van der Waals surface area (Å²) in [5.41, 5.74) is 1.24. The van der Waals surface area contributed by atoms with Gasteiger partial charge in [-0.05, 0) is 76.2 Å². The van der Waals surface area contributed by atoms with Gasteiger partial charge in [0, 0.05) is 20.0 Å². The Morgan fingerprint density at radius 2 is 1.91 bits per heavy atom. The van der Waals surface area contributed by atoms with Crippen molar-refractivity contribution in [2.24, 2.45) is 11.8 Å². The Kier molecular flexibility index (Phi) is 12.0. The lowest BCUT2D eigenvalue weighted by atomic mass is 9.85. The Balaban J connectivity index is 1.75. The Bertz CT molecular complexity index is 672. The number of carbonyl (C=O) groups is 1. The van der Waals surface area contributed by atoms with E-state index in [-0.39, 0.29) is 42.2 Å². The number of benzene rings is 1. The molecule has 0 aromatic heterocycles. The zero-order valence-electron chi connectivity index (χ0n) is 20.0. The molecule has 180 valence electrons. The van der Waals surface area contributed by atoms with Crippen LogP contribution in [0.25, 0.3) is 0 Å². The standard InChI is InChI=1S/C27H42O5/c1-20(2)32-27(30)14-10-5-4-9-13-24-23(25(29)19-26(24)31-3)18-17-22(28)16-15-21-11-7-6-8-12-21/h4,6-9,11-12,20,22-26,28-29H,5,10,13-19H2,1-3H3/b9-4-/t22-,23+,24+,25+,26-/m0/s1. The van der Waals surface area contributed by atoms with Crippen molar-refractivity contribution >= 4 is 5.97 Å². The second-order valence-electron chi connectivity index (χ2n) is 9.30. The Labute approximate surface area is 193 Å². The van der Waals surface area contributed by atoms with E-state index in [0.717, 1.165) is 38.5 Å². The number of hydrogen-bond acceptors (Lipinski definition) is 5. The van der Waals surface area contributed by atoms with Crippen LogP contribution in [0.1, 0.15) is 70.8 Å². The van der Waals surface area contributed by atoms with Crippen molar-refractivity contribution in [1.29, 1.82) is 0 Å². The fourth-order valence-corrected chi connectivity index (χ4v) is 4.72. The van der Waals surface area contributed by atoms with Crippen LogP contribution < -0.4 is 0 Å². The summed E-state index contributed by atoms with van der Waals surface area (Å²) in [6, 6.07) is 10.2. The van der Waals surface area contributed by atoms with E-state index in [1.807, 2.05) is 32.0 Å². The predicted octanol–water partition coefficient (Wildman–Crippen LogP) is 4.84. The third-order valence-electron chi connectivity index (χ3n) is 6.43. The maximum absolute atomic E-state index is 11.6. The molecular weight excluding hydrogens is 404 g/mol. The molecule has 1 aromatic rings. The number of hydrogen-bond donors (Lipinski definition) is 2. The first-order valence-electron chi connectivity index (χ1n) is 12.2. The summed E-state index contributed by atoms with van der Waals surface area (Å²) in [6.45, 7) is 3.72. The minimum absolute atomic E-state index is 0.0436.